The van der Waals surface area contributed by atoms with E-state index in [9.17, 15) is 9.59 Å². The number of nitrogens with one attached hydrogen (secondary N) is 2. The minimum Gasteiger partial charge on any atom is -0.343 e. The highest BCUT2D eigenvalue weighted by atomic mass is 35.5. The first-order chi connectivity index (χ1) is 18.0. The lowest BCUT2D eigenvalue weighted by Crippen LogP contribution is -2.52. The second-order valence-electron chi connectivity index (χ2n) is 9.83. The number of carbonyl (C=O) groups excluding carboxylic acids is 2. The second-order valence-corrected chi connectivity index (χ2v) is 9.83. The number of halogens is 1. The van der Waals surface area contributed by atoms with Gasteiger partial charge in [-0.25, -0.2) is 0 Å². The minimum atomic E-state index is -0.592. The van der Waals surface area contributed by atoms with Gasteiger partial charge in [-0.05, 0) is 78.4 Å². The van der Waals surface area contributed by atoms with Crippen LogP contribution in [-0.4, -0.2) is 30.9 Å². The number of likely N-dealkylation sites (N-methyl/N-ethyl adjacent to an activating group) is 1. The highest BCUT2D eigenvalue weighted by Gasteiger charge is 2.33. The van der Waals surface area contributed by atoms with Gasteiger partial charge in [0.05, 0.1) is 12.6 Å². The number of anilines is 1. The van der Waals surface area contributed by atoms with Gasteiger partial charge in [0.15, 0.2) is 0 Å². The van der Waals surface area contributed by atoms with Gasteiger partial charge in [0.1, 0.15) is 6.04 Å². The van der Waals surface area contributed by atoms with E-state index in [0.29, 0.717) is 19.4 Å². The summed E-state index contributed by atoms with van der Waals surface area (Å²) in [5.41, 5.74) is 6.47. The number of benzene rings is 4. The lowest BCUT2D eigenvalue weighted by molar-refractivity contribution is -0.128. The quantitative estimate of drug-likeness (QED) is 0.333. The lowest BCUT2D eigenvalue weighted by Gasteiger charge is -2.28. The Kier molecular flexibility index (Phi) is 8.50. The van der Waals surface area contributed by atoms with Gasteiger partial charge in [-0.3, -0.25) is 9.59 Å². The van der Waals surface area contributed by atoms with Crippen molar-refractivity contribution in [1.29, 1.82) is 0 Å². The van der Waals surface area contributed by atoms with Gasteiger partial charge < -0.3 is 15.5 Å². The zero-order valence-electron chi connectivity index (χ0n) is 22.0. The van der Waals surface area contributed by atoms with Crippen molar-refractivity contribution in [3.8, 4) is 11.1 Å². The van der Waals surface area contributed by atoms with Crippen molar-refractivity contribution in [2.75, 3.05) is 11.9 Å². The molecule has 5 nitrogen and oxygen atoms in total. The Morgan fingerprint density at radius 3 is 2.47 bits per heavy atom. The van der Waals surface area contributed by atoms with Gasteiger partial charge in [0, 0.05) is 5.69 Å². The Balaban J connectivity index is 0.00000336. The molecule has 0 saturated heterocycles. The summed E-state index contributed by atoms with van der Waals surface area (Å²) in [5.74, 6) is -0.244. The molecule has 1 aliphatic heterocycles. The third kappa shape index (κ3) is 5.45. The largest absolute Gasteiger partial charge is 0.343 e. The smallest absolute Gasteiger partial charge is 0.249 e. The molecule has 1 aliphatic rings. The van der Waals surface area contributed by atoms with Crippen LogP contribution in [0, 0.1) is 6.92 Å². The van der Waals surface area contributed by atoms with Gasteiger partial charge in [-0.1, -0.05) is 78.9 Å². The molecular formula is C32H34ClN3O2. The topological polar surface area (TPSA) is 61.4 Å². The fraction of sp³-hybridized carbons (Fsp3) is 0.250. The molecule has 2 atom stereocenters. The summed E-state index contributed by atoms with van der Waals surface area (Å²) in [6.07, 6.45) is 1.27. The Hall–Kier alpha value is -3.67. The molecule has 38 heavy (non-hydrogen) atoms. The molecule has 2 N–H and O–H groups in total. The molecule has 4 aromatic rings. The van der Waals surface area contributed by atoms with Crippen LogP contribution in [0.5, 0.6) is 0 Å². The van der Waals surface area contributed by atoms with Gasteiger partial charge in [-0.2, -0.15) is 0 Å². The molecule has 2 amide bonds. The molecule has 196 valence electrons. The van der Waals surface area contributed by atoms with Crippen LogP contribution >= 0.6 is 12.4 Å². The number of fused-ring (bicyclic) bond motifs is 2. The number of amides is 2. The molecule has 0 unspecified atom stereocenters. The minimum absolute atomic E-state index is 0. The maximum Gasteiger partial charge on any atom is 0.249 e. The van der Waals surface area contributed by atoms with Crippen molar-refractivity contribution < 1.29 is 9.59 Å². The van der Waals surface area contributed by atoms with Crippen molar-refractivity contribution in [2.24, 2.45) is 0 Å². The van der Waals surface area contributed by atoms with E-state index in [1.807, 2.05) is 35.2 Å². The van der Waals surface area contributed by atoms with Crippen molar-refractivity contribution in [2.45, 2.75) is 45.3 Å². The molecule has 0 bridgehead atoms. The van der Waals surface area contributed by atoms with Gasteiger partial charge in [0.2, 0.25) is 11.8 Å². The highest BCUT2D eigenvalue weighted by Crippen LogP contribution is 2.35. The fourth-order valence-corrected chi connectivity index (χ4v) is 5.10. The van der Waals surface area contributed by atoms with Crippen LogP contribution in [0.1, 0.15) is 30.0 Å². The summed E-state index contributed by atoms with van der Waals surface area (Å²) in [6.45, 7) is 4.33. The van der Waals surface area contributed by atoms with Crippen LogP contribution in [0.4, 0.5) is 5.69 Å². The number of rotatable bonds is 6. The predicted octanol–water partition coefficient (Wildman–Crippen LogP) is 5.81. The molecule has 1 heterocycles. The van der Waals surface area contributed by atoms with Gasteiger partial charge >= 0.3 is 0 Å². The standard InChI is InChI=1S/C32H33N3O2.ClH/c1-21-13-14-24-11-7-8-12-27(24)28(21)20-35-30-19-26(23-9-5-4-6-10-23)16-15-25(30)17-18-29(32(35)37)34-31(36)22(2)33-3;/h4-16,19,22,29,33H,17-18,20H2,1-3H3,(H,34,36);1H/t22-,29-;/m0./s1. The number of hydrogen-bond acceptors (Lipinski definition) is 3. The first-order valence-electron chi connectivity index (χ1n) is 12.9. The van der Waals surface area contributed by atoms with E-state index >= 15 is 0 Å². The summed E-state index contributed by atoms with van der Waals surface area (Å²) < 4.78 is 0. The van der Waals surface area contributed by atoms with Crippen LogP contribution in [0.2, 0.25) is 0 Å². The summed E-state index contributed by atoms with van der Waals surface area (Å²) >= 11 is 0. The van der Waals surface area contributed by atoms with Gasteiger partial charge in [-0.15, -0.1) is 12.4 Å². The average Bonchev–Trinajstić information content (AvgIpc) is 3.06. The number of nitrogens with zero attached hydrogens (tertiary/aromatic N) is 1. The molecule has 0 spiro atoms. The van der Waals surface area contributed by atoms with E-state index in [4.69, 9.17) is 0 Å². The third-order valence-corrected chi connectivity index (χ3v) is 7.48. The Morgan fingerprint density at radius 1 is 0.974 bits per heavy atom. The summed E-state index contributed by atoms with van der Waals surface area (Å²) in [6, 6.07) is 28.2. The highest BCUT2D eigenvalue weighted by molar-refractivity contribution is 6.02. The van der Waals surface area contributed by atoms with Crippen LogP contribution in [-0.2, 0) is 22.6 Å². The van der Waals surface area contributed by atoms with E-state index in [2.05, 4.69) is 72.2 Å². The van der Waals surface area contributed by atoms with E-state index in [1.54, 1.807) is 14.0 Å². The SMILES string of the molecule is CN[C@@H](C)C(=O)N[C@H]1CCc2ccc(-c3ccccc3)cc2N(Cc2c(C)ccc3ccccc23)C1=O.Cl. The Morgan fingerprint density at radius 2 is 1.71 bits per heavy atom. The molecule has 6 heteroatoms. The molecule has 4 aromatic carbocycles. The van der Waals surface area contributed by atoms with Crippen LogP contribution < -0.4 is 15.5 Å². The molecular weight excluding hydrogens is 494 g/mol. The molecule has 0 aromatic heterocycles. The summed E-state index contributed by atoms with van der Waals surface area (Å²) in [7, 11) is 1.75. The molecule has 0 fully saturated rings. The average molecular weight is 528 g/mol. The van der Waals surface area contributed by atoms with Crippen molar-refractivity contribution in [3.63, 3.8) is 0 Å². The van der Waals surface area contributed by atoms with E-state index in [-0.39, 0.29) is 30.3 Å². The monoisotopic (exact) mass is 527 g/mol. The first kappa shape index (κ1) is 27.4. The maximum atomic E-state index is 14.1. The van der Waals surface area contributed by atoms with E-state index in [1.165, 1.54) is 0 Å². The normalized spacial score (nSPS) is 15.8. The van der Waals surface area contributed by atoms with Crippen molar-refractivity contribution in [3.05, 3.63) is 102 Å². The van der Waals surface area contributed by atoms with E-state index in [0.717, 1.165) is 44.3 Å². The van der Waals surface area contributed by atoms with Crippen LogP contribution in [0.25, 0.3) is 21.9 Å². The van der Waals surface area contributed by atoms with Crippen molar-refractivity contribution in [1.82, 2.24) is 10.6 Å². The Bertz CT molecular complexity index is 1450. The lowest BCUT2D eigenvalue weighted by atomic mass is 9.98. The summed E-state index contributed by atoms with van der Waals surface area (Å²) in [4.78, 5) is 28.8. The molecule has 0 saturated carbocycles. The zero-order chi connectivity index (χ0) is 25.9. The number of hydrogen-bond donors (Lipinski definition) is 2. The fourth-order valence-electron chi connectivity index (χ4n) is 5.10. The number of carbonyl (C=O) groups is 2. The molecule has 0 aliphatic carbocycles. The number of aryl methyl sites for hydroxylation is 2. The second kappa shape index (κ2) is 11.8. The van der Waals surface area contributed by atoms with Crippen molar-refractivity contribution >= 4 is 40.7 Å². The zero-order valence-corrected chi connectivity index (χ0v) is 22.8. The molecule has 5 rings (SSSR count). The predicted molar refractivity (Wildman–Crippen MR) is 158 cm³/mol. The van der Waals surface area contributed by atoms with E-state index < -0.39 is 6.04 Å². The van der Waals surface area contributed by atoms with Gasteiger partial charge in [0.25, 0.3) is 0 Å². The molecule has 0 radical (unpaired) electrons. The maximum absolute atomic E-state index is 14.1. The van der Waals surface area contributed by atoms with Crippen LogP contribution in [0.15, 0.2) is 84.9 Å². The third-order valence-electron chi connectivity index (χ3n) is 7.48. The summed E-state index contributed by atoms with van der Waals surface area (Å²) in [5, 5.41) is 8.28. The first-order valence-corrected chi connectivity index (χ1v) is 12.9. The Labute approximate surface area is 230 Å². The van der Waals surface area contributed by atoms with Crippen LogP contribution in [0.3, 0.4) is 0 Å².